The van der Waals surface area contributed by atoms with Gasteiger partial charge in [0.2, 0.25) is 0 Å². The van der Waals surface area contributed by atoms with Crippen LogP contribution in [-0.4, -0.2) is 68.1 Å². The highest BCUT2D eigenvalue weighted by atomic mass is 15.3. The Balaban J connectivity index is 1.73. The van der Waals surface area contributed by atoms with Crippen LogP contribution >= 0.6 is 0 Å². The maximum Gasteiger partial charge on any atom is 0.0359 e. The maximum absolute atomic E-state index is 5.98. The molecule has 19 heavy (non-hydrogen) atoms. The van der Waals surface area contributed by atoms with Crippen molar-refractivity contribution in [2.45, 2.75) is 6.54 Å². The van der Waals surface area contributed by atoms with E-state index < -0.39 is 0 Å². The van der Waals surface area contributed by atoms with Gasteiger partial charge in [-0.3, -0.25) is 4.90 Å². The van der Waals surface area contributed by atoms with E-state index in [1.807, 2.05) is 12.1 Å². The Hall–Kier alpha value is -1.10. The van der Waals surface area contributed by atoms with Crippen molar-refractivity contribution in [2.75, 3.05) is 59.1 Å². The van der Waals surface area contributed by atoms with Gasteiger partial charge < -0.3 is 15.5 Å². The van der Waals surface area contributed by atoms with Gasteiger partial charge in [0, 0.05) is 51.5 Å². The second-order valence-electron chi connectivity index (χ2n) is 5.58. The van der Waals surface area contributed by atoms with Crippen LogP contribution in [0.1, 0.15) is 5.56 Å². The van der Waals surface area contributed by atoms with Crippen molar-refractivity contribution in [1.82, 2.24) is 14.7 Å². The molecule has 1 heterocycles. The summed E-state index contributed by atoms with van der Waals surface area (Å²) >= 11 is 0. The Labute approximate surface area is 116 Å². The molecule has 4 heteroatoms. The molecule has 106 valence electrons. The van der Waals surface area contributed by atoms with Crippen LogP contribution in [0.25, 0.3) is 0 Å². The number of hydrogen-bond donors (Lipinski definition) is 1. The average Bonchev–Trinajstić information content (AvgIpc) is 2.41. The summed E-state index contributed by atoms with van der Waals surface area (Å²) in [5, 5.41) is 0. The largest absolute Gasteiger partial charge is 0.398 e. The predicted octanol–water partition coefficient (Wildman–Crippen LogP) is 0.948. The van der Waals surface area contributed by atoms with Crippen molar-refractivity contribution in [3.63, 3.8) is 0 Å². The molecule has 1 aliphatic heterocycles. The van der Waals surface area contributed by atoms with Gasteiger partial charge in [-0.1, -0.05) is 18.2 Å². The number of para-hydroxylation sites is 1. The summed E-state index contributed by atoms with van der Waals surface area (Å²) in [5.74, 6) is 0. The minimum Gasteiger partial charge on any atom is -0.398 e. The van der Waals surface area contributed by atoms with E-state index >= 15 is 0 Å². The Morgan fingerprint density at radius 2 is 1.84 bits per heavy atom. The summed E-state index contributed by atoms with van der Waals surface area (Å²) in [6, 6.07) is 8.13. The zero-order chi connectivity index (χ0) is 13.7. The molecule has 4 nitrogen and oxygen atoms in total. The second-order valence-corrected chi connectivity index (χ2v) is 5.58. The number of anilines is 1. The van der Waals surface area contributed by atoms with Crippen LogP contribution in [-0.2, 0) is 6.54 Å². The van der Waals surface area contributed by atoms with E-state index in [0.29, 0.717) is 0 Å². The molecule has 1 aromatic rings. The smallest absolute Gasteiger partial charge is 0.0359 e. The summed E-state index contributed by atoms with van der Waals surface area (Å²) in [5.41, 5.74) is 8.10. The van der Waals surface area contributed by atoms with Gasteiger partial charge in [-0.05, 0) is 25.7 Å². The summed E-state index contributed by atoms with van der Waals surface area (Å²) in [6.07, 6.45) is 0. The lowest BCUT2D eigenvalue weighted by atomic mass is 10.2. The molecule has 0 bridgehead atoms. The molecule has 0 radical (unpaired) electrons. The summed E-state index contributed by atoms with van der Waals surface area (Å²) in [4.78, 5) is 7.29. The number of hydrogen-bond acceptors (Lipinski definition) is 4. The van der Waals surface area contributed by atoms with E-state index in [0.717, 1.165) is 25.3 Å². The topological polar surface area (TPSA) is 35.7 Å². The highest BCUT2D eigenvalue weighted by Crippen LogP contribution is 2.12. The minimum atomic E-state index is 0.897. The first-order chi connectivity index (χ1) is 9.15. The van der Waals surface area contributed by atoms with Crippen LogP contribution in [0, 0.1) is 0 Å². The molecule has 0 unspecified atom stereocenters. The summed E-state index contributed by atoms with van der Waals surface area (Å²) < 4.78 is 0. The van der Waals surface area contributed by atoms with Gasteiger partial charge in [-0.25, -0.2) is 0 Å². The van der Waals surface area contributed by atoms with Gasteiger partial charge in [0.1, 0.15) is 0 Å². The van der Waals surface area contributed by atoms with E-state index in [4.69, 9.17) is 5.73 Å². The molecule has 2 rings (SSSR count). The quantitative estimate of drug-likeness (QED) is 0.802. The van der Waals surface area contributed by atoms with Crippen LogP contribution in [0.5, 0.6) is 0 Å². The first kappa shape index (κ1) is 14.3. The van der Waals surface area contributed by atoms with Gasteiger partial charge in [0.15, 0.2) is 0 Å². The van der Waals surface area contributed by atoms with Crippen LogP contribution < -0.4 is 5.73 Å². The lowest BCUT2D eigenvalue weighted by Gasteiger charge is -2.33. The normalized spacial score (nSPS) is 18.1. The molecule has 0 saturated carbocycles. The molecule has 0 amide bonds. The van der Waals surface area contributed by atoms with Crippen LogP contribution in [0.4, 0.5) is 5.69 Å². The van der Waals surface area contributed by atoms with Crippen LogP contribution in [0.2, 0.25) is 0 Å². The van der Waals surface area contributed by atoms with Gasteiger partial charge in [0.05, 0.1) is 0 Å². The fourth-order valence-electron chi connectivity index (χ4n) is 2.43. The third kappa shape index (κ3) is 4.49. The minimum absolute atomic E-state index is 0.897. The van der Waals surface area contributed by atoms with Gasteiger partial charge in [0.25, 0.3) is 0 Å². The number of nitrogen functional groups attached to an aromatic ring is 1. The molecule has 1 aromatic carbocycles. The van der Waals surface area contributed by atoms with Crippen molar-refractivity contribution in [3.8, 4) is 0 Å². The van der Waals surface area contributed by atoms with Crippen molar-refractivity contribution in [3.05, 3.63) is 29.8 Å². The average molecular weight is 262 g/mol. The second kappa shape index (κ2) is 6.89. The van der Waals surface area contributed by atoms with Gasteiger partial charge in [-0.15, -0.1) is 0 Å². The number of benzene rings is 1. The third-order valence-electron chi connectivity index (χ3n) is 3.89. The number of nitrogens with zero attached hydrogens (tertiary/aromatic N) is 3. The number of rotatable bonds is 5. The van der Waals surface area contributed by atoms with E-state index in [2.05, 4.69) is 40.9 Å². The molecule has 1 saturated heterocycles. The third-order valence-corrected chi connectivity index (χ3v) is 3.89. The Bertz CT molecular complexity index is 385. The summed E-state index contributed by atoms with van der Waals surface area (Å²) in [6.45, 7) is 7.94. The summed E-state index contributed by atoms with van der Waals surface area (Å²) in [7, 11) is 4.37. The van der Waals surface area contributed by atoms with Crippen molar-refractivity contribution in [2.24, 2.45) is 0 Å². The van der Waals surface area contributed by atoms with E-state index in [9.17, 15) is 0 Å². The Morgan fingerprint density at radius 3 is 2.53 bits per heavy atom. The monoisotopic (exact) mass is 262 g/mol. The fraction of sp³-hybridized carbons (Fsp3) is 0.600. The molecule has 2 N–H and O–H groups in total. The lowest BCUT2D eigenvalue weighted by Crippen LogP contribution is -2.46. The Morgan fingerprint density at radius 1 is 1.16 bits per heavy atom. The SMILES string of the molecule is CN1CCN(CCN(C)Cc2ccccc2N)CC1. The molecule has 1 aliphatic rings. The molecule has 0 spiro atoms. The van der Waals surface area contributed by atoms with Crippen molar-refractivity contribution in [1.29, 1.82) is 0 Å². The fourth-order valence-corrected chi connectivity index (χ4v) is 2.43. The molecule has 0 aromatic heterocycles. The molecule has 0 aliphatic carbocycles. The van der Waals surface area contributed by atoms with Crippen molar-refractivity contribution >= 4 is 5.69 Å². The van der Waals surface area contributed by atoms with E-state index in [-0.39, 0.29) is 0 Å². The standard InChI is InChI=1S/C15H26N4/c1-17-7-10-19(11-8-17)12-9-18(2)13-14-5-3-4-6-15(14)16/h3-6H,7-13,16H2,1-2H3. The highest BCUT2D eigenvalue weighted by Gasteiger charge is 2.13. The highest BCUT2D eigenvalue weighted by molar-refractivity contribution is 5.46. The zero-order valence-corrected chi connectivity index (χ0v) is 12.2. The zero-order valence-electron chi connectivity index (χ0n) is 12.2. The molecular weight excluding hydrogens is 236 g/mol. The lowest BCUT2D eigenvalue weighted by molar-refractivity contribution is 0.139. The number of likely N-dealkylation sites (N-methyl/N-ethyl adjacent to an activating group) is 2. The molecule has 0 atom stereocenters. The van der Waals surface area contributed by atoms with Gasteiger partial charge in [-0.2, -0.15) is 0 Å². The predicted molar refractivity (Wildman–Crippen MR) is 81.1 cm³/mol. The first-order valence-electron chi connectivity index (χ1n) is 7.08. The van der Waals surface area contributed by atoms with Crippen LogP contribution in [0.3, 0.4) is 0 Å². The maximum atomic E-state index is 5.98. The number of piperazine rings is 1. The van der Waals surface area contributed by atoms with E-state index in [1.54, 1.807) is 0 Å². The molecule has 1 fully saturated rings. The first-order valence-corrected chi connectivity index (χ1v) is 7.08. The number of nitrogens with two attached hydrogens (primary N) is 1. The van der Waals surface area contributed by atoms with Crippen LogP contribution in [0.15, 0.2) is 24.3 Å². The van der Waals surface area contributed by atoms with Gasteiger partial charge >= 0.3 is 0 Å². The van der Waals surface area contributed by atoms with Crippen molar-refractivity contribution < 1.29 is 0 Å². The molecular formula is C15H26N4. The van der Waals surface area contributed by atoms with E-state index in [1.165, 1.54) is 31.7 Å². The Kier molecular flexibility index (Phi) is 5.19.